The van der Waals surface area contributed by atoms with E-state index in [0.717, 1.165) is 41.5 Å². The second-order valence-electron chi connectivity index (χ2n) is 4.66. The van der Waals surface area contributed by atoms with Gasteiger partial charge in [0.15, 0.2) is 0 Å². The van der Waals surface area contributed by atoms with Crippen LogP contribution in [0.15, 0.2) is 41.1 Å². The molecule has 0 saturated heterocycles. The Morgan fingerprint density at radius 1 is 1.19 bits per heavy atom. The van der Waals surface area contributed by atoms with Crippen LogP contribution in [0, 0.1) is 3.70 Å². The van der Waals surface area contributed by atoms with Gasteiger partial charge in [0.25, 0.3) is 0 Å². The van der Waals surface area contributed by atoms with E-state index in [1.165, 1.54) is 0 Å². The molecule has 0 unspecified atom stereocenters. The number of anilines is 2. The summed E-state index contributed by atoms with van der Waals surface area (Å²) < 4.78 is 1.99. The molecule has 0 fully saturated rings. The zero-order valence-electron chi connectivity index (χ0n) is 10.6. The monoisotopic (exact) mass is 453 g/mol. The maximum atomic E-state index is 4.38. The quantitative estimate of drug-likeness (QED) is 0.390. The highest BCUT2D eigenvalue weighted by molar-refractivity contribution is 14.1. The Morgan fingerprint density at radius 2 is 2.10 bits per heavy atom. The predicted octanol–water partition coefficient (Wildman–Crippen LogP) is 4.55. The highest BCUT2D eigenvalue weighted by atomic mass is 127. The van der Waals surface area contributed by atoms with Crippen LogP contribution in [0.25, 0.3) is 21.9 Å². The molecule has 21 heavy (non-hydrogen) atoms. The van der Waals surface area contributed by atoms with Gasteiger partial charge >= 0.3 is 0 Å². The van der Waals surface area contributed by atoms with Crippen molar-refractivity contribution in [1.29, 1.82) is 0 Å². The van der Waals surface area contributed by atoms with E-state index in [9.17, 15) is 0 Å². The van der Waals surface area contributed by atoms with Crippen LogP contribution in [0.1, 0.15) is 0 Å². The highest BCUT2D eigenvalue weighted by Gasteiger charge is 2.10. The summed E-state index contributed by atoms with van der Waals surface area (Å²) in [4.78, 5) is 7.62. The van der Waals surface area contributed by atoms with Gasteiger partial charge in [0, 0.05) is 22.7 Å². The Hall–Kier alpha value is -1.61. The molecule has 104 valence electrons. The number of fused-ring (bicyclic) bond motifs is 2. The van der Waals surface area contributed by atoms with Crippen LogP contribution >= 0.6 is 38.5 Å². The van der Waals surface area contributed by atoms with Gasteiger partial charge in [0.1, 0.15) is 5.65 Å². The van der Waals surface area contributed by atoms with Crippen LogP contribution < -0.4 is 5.32 Å². The van der Waals surface area contributed by atoms with Crippen molar-refractivity contribution >= 4 is 71.8 Å². The summed E-state index contributed by atoms with van der Waals surface area (Å²) in [7, 11) is 0. The van der Waals surface area contributed by atoms with E-state index >= 15 is 0 Å². The van der Waals surface area contributed by atoms with E-state index < -0.39 is 0 Å². The van der Waals surface area contributed by atoms with Gasteiger partial charge in [-0.3, -0.25) is 5.10 Å². The first kappa shape index (κ1) is 13.1. The Bertz CT molecular complexity index is 958. The smallest absolute Gasteiger partial charge is 0.140 e. The SMILES string of the molecule is Brc1cnc2[nH]c(I)cc2c1Nc1ccc2[nH]ncc2c1. The molecule has 4 aromatic rings. The summed E-state index contributed by atoms with van der Waals surface area (Å²) in [5.41, 5.74) is 3.90. The van der Waals surface area contributed by atoms with E-state index in [1.54, 1.807) is 6.20 Å². The van der Waals surface area contributed by atoms with Crippen LogP contribution in [-0.4, -0.2) is 20.2 Å². The first-order valence-corrected chi connectivity index (χ1v) is 8.11. The summed E-state index contributed by atoms with van der Waals surface area (Å²) >= 11 is 5.82. The number of aromatic nitrogens is 4. The molecular weight excluding hydrogens is 445 g/mol. The molecule has 0 aliphatic heterocycles. The van der Waals surface area contributed by atoms with Crippen molar-refractivity contribution in [3.63, 3.8) is 0 Å². The lowest BCUT2D eigenvalue weighted by molar-refractivity contribution is 1.12. The summed E-state index contributed by atoms with van der Waals surface area (Å²) in [6.45, 7) is 0. The third-order valence-corrected chi connectivity index (χ3v) is 4.47. The van der Waals surface area contributed by atoms with Crippen molar-refractivity contribution in [3.8, 4) is 0 Å². The van der Waals surface area contributed by atoms with Crippen molar-refractivity contribution < 1.29 is 0 Å². The van der Waals surface area contributed by atoms with Gasteiger partial charge in [-0.15, -0.1) is 0 Å². The molecule has 0 radical (unpaired) electrons. The van der Waals surface area contributed by atoms with E-state index in [0.29, 0.717) is 0 Å². The normalized spacial score (nSPS) is 11.3. The van der Waals surface area contributed by atoms with Gasteiger partial charge in [-0.1, -0.05) is 0 Å². The van der Waals surface area contributed by atoms with Crippen LogP contribution in [0.3, 0.4) is 0 Å². The summed E-state index contributed by atoms with van der Waals surface area (Å²) in [6.07, 6.45) is 3.62. The number of rotatable bonds is 2. The zero-order valence-corrected chi connectivity index (χ0v) is 14.4. The zero-order chi connectivity index (χ0) is 14.4. The van der Waals surface area contributed by atoms with Gasteiger partial charge in [0.2, 0.25) is 0 Å². The Labute approximate surface area is 141 Å². The molecule has 0 bridgehead atoms. The molecule has 0 atom stereocenters. The molecule has 0 saturated carbocycles. The number of H-pyrrole nitrogens is 2. The van der Waals surface area contributed by atoms with Crippen molar-refractivity contribution in [2.45, 2.75) is 0 Å². The number of aromatic amines is 2. The molecule has 3 N–H and O–H groups in total. The van der Waals surface area contributed by atoms with Crippen molar-refractivity contribution in [1.82, 2.24) is 20.2 Å². The molecule has 7 heteroatoms. The summed E-state index contributed by atoms with van der Waals surface area (Å²) in [6, 6.07) is 8.18. The Kier molecular flexibility index (Phi) is 3.11. The van der Waals surface area contributed by atoms with Crippen LogP contribution in [0.4, 0.5) is 11.4 Å². The third kappa shape index (κ3) is 2.30. The summed E-state index contributed by atoms with van der Waals surface area (Å²) in [5, 5.41) is 12.6. The number of halogens is 2. The molecule has 0 aliphatic carbocycles. The van der Waals surface area contributed by atoms with Crippen LogP contribution in [0.2, 0.25) is 0 Å². The second-order valence-corrected chi connectivity index (χ2v) is 6.67. The molecular formula is C14H9BrIN5. The second kappa shape index (κ2) is 4.99. The minimum absolute atomic E-state index is 0.870. The fourth-order valence-corrected chi connectivity index (χ4v) is 3.29. The molecule has 0 aliphatic rings. The molecule has 0 amide bonds. The average molecular weight is 454 g/mol. The van der Waals surface area contributed by atoms with Crippen molar-refractivity contribution in [2.75, 3.05) is 5.32 Å². The molecule has 5 nitrogen and oxygen atoms in total. The molecule has 3 heterocycles. The summed E-state index contributed by atoms with van der Waals surface area (Å²) in [5.74, 6) is 0. The topological polar surface area (TPSA) is 69.4 Å². The lowest BCUT2D eigenvalue weighted by atomic mass is 10.2. The number of pyridine rings is 1. The number of nitrogens with zero attached hydrogens (tertiary/aromatic N) is 2. The highest BCUT2D eigenvalue weighted by Crippen LogP contribution is 2.33. The lowest BCUT2D eigenvalue weighted by Crippen LogP contribution is -1.93. The van der Waals surface area contributed by atoms with Gasteiger partial charge < -0.3 is 10.3 Å². The third-order valence-electron chi connectivity index (χ3n) is 3.29. The number of hydrogen-bond acceptors (Lipinski definition) is 3. The lowest BCUT2D eigenvalue weighted by Gasteiger charge is -2.09. The van der Waals surface area contributed by atoms with E-state index in [2.05, 4.69) is 76.1 Å². The molecule has 1 aromatic carbocycles. The first-order valence-electron chi connectivity index (χ1n) is 6.23. The fourth-order valence-electron chi connectivity index (χ4n) is 2.31. The average Bonchev–Trinajstić information content (AvgIpc) is 3.07. The standard InChI is InChI=1S/C14H9BrIN5/c15-10-6-17-14-9(4-12(16)20-14)13(10)19-8-1-2-11-7(3-8)5-18-21-11/h1-6H,(H,18,21)(H2,17,19,20). The maximum absolute atomic E-state index is 4.38. The first-order chi connectivity index (χ1) is 10.2. The van der Waals surface area contributed by atoms with Gasteiger partial charge in [0.05, 0.1) is 25.6 Å². The van der Waals surface area contributed by atoms with Crippen molar-refractivity contribution in [3.05, 3.63) is 44.8 Å². The van der Waals surface area contributed by atoms with Crippen LogP contribution in [-0.2, 0) is 0 Å². The maximum Gasteiger partial charge on any atom is 0.140 e. The largest absolute Gasteiger partial charge is 0.354 e. The van der Waals surface area contributed by atoms with Gasteiger partial charge in [-0.25, -0.2) is 4.98 Å². The Morgan fingerprint density at radius 3 is 3.00 bits per heavy atom. The van der Waals surface area contributed by atoms with Crippen molar-refractivity contribution in [2.24, 2.45) is 0 Å². The fraction of sp³-hybridized carbons (Fsp3) is 0. The van der Waals surface area contributed by atoms with E-state index in [4.69, 9.17) is 0 Å². The number of nitrogens with one attached hydrogen (secondary N) is 3. The predicted molar refractivity (Wildman–Crippen MR) is 95.9 cm³/mol. The van der Waals surface area contributed by atoms with Crippen LogP contribution in [0.5, 0.6) is 0 Å². The van der Waals surface area contributed by atoms with E-state index in [1.807, 2.05) is 18.3 Å². The van der Waals surface area contributed by atoms with Gasteiger partial charge in [-0.05, 0) is 62.8 Å². The minimum atomic E-state index is 0.870. The minimum Gasteiger partial charge on any atom is -0.354 e. The number of benzene rings is 1. The van der Waals surface area contributed by atoms with E-state index in [-0.39, 0.29) is 0 Å². The molecule has 0 spiro atoms. The van der Waals surface area contributed by atoms with Gasteiger partial charge in [-0.2, -0.15) is 5.10 Å². The molecule has 3 aromatic heterocycles. The molecule has 4 rings (SSSR count). The Balaban J connectivity index is 1.84. The number of hydrogen-bond donors (Lipinski definition) is 3.